The Morgan fingerprint density at radius 2 is 2.05 bits per heavy atom. The van der Waals surface area contributed by atoms with Crippen molar-refractivity contribution in [2.24, 2.45) is 5.92 Å². The molecule has 2 rings (SSSR count). The third-order valence-electron chi connectivity index (χ3n) is 3.50. The van der Waals surface area contributed by atoms with Crippen LogP contribution in [0, 0.1) is 5.92 Å². The first-order valence-corrected chi connectivity index (χ1v) is 6.56. The molecule has 1 fully saturated rings. The summed E-state index contributed by atoms with van der Waals surface area (Å²) in [5.74, 6) is 0.0738. The smallest absolute Gasteiger partial charge is 0.333 e. The molecule has 0 spiro atoms. The molecular weight excluding hydrogens is 246 g/mol. The lowest BCUT2D eigenvalue weighted by molar-refractivity contribution is 0.0934. The first-order chi connectivity index (χ1) is 9.16. The zero-order chi connectivity index (χ0) is 13.7. The summed E-state index contributed by atoms with van der Waals surface area (Å²) < 4.78 is 4.79. The lowest BCUT2D eigenvalue weighted by atomic mass is 9.86. The summed E-state index contributed by atoms with van der Waals surface area (Å²) in [6.07, 6.45) is 7.20. The van der Waals surface area contributed by atoms with E-state index >= 15 is 0 Å². The monoisotopic (exact) mass is 265 g/mol. The van der Waals surface area contributed by atoms with Gasteiger partial charge in [0.05, 0.1) is 11.8 Å². The van der Waals surface area contributed by atoms with E-state index in [0.29, 0.717) is 11.5 Å². The molecule has 1 aromatic rings. The van der Waals surface area contributed by atoms with E-state index in [4.69, 9.17) is 4.42 Å². The number of hydrogen-bond donors (Lipinski definition) is 3. The van der Waals surface area contributed by atoms with Crippen molar-refractivity contribution in [1.82, 2.24) is 16.2 Å². The Morgan fingerprint density at radius 1 is 1.26 bits per heavy atom. The highest BCUT2D eigenvalue weighted by molar-refractivity contribution is 5.94. The van der Waals surface area contributed by atoms with Crippen molar-refractivity contribution < 1.29 is 14.0 Å². The molecule has 19 heavy (non-hydrogen) atoms. The van der Waals surface area contributed by atoms with Gasteiger partial charge in [0.15, 0.2) is 0 Å². The minimum absolute atomic E-state index is 0.180. The van der Waals surface area contributed by atoms with Crippen LogP contribution in [0.2, 0.25) is 0 Å². The van der Waals surface area contributed by atoms with Crippen LogP contribution in [-0.2, 0) is 0 Å². The molecule has 3 amide bonds. The molecule has 2 atom stereocenters. The molecule has 104 valence electrons. The third kappa shape index (κ3) is 3.74. The maximum atomic E-state index is 11.7. The van der Waals surface area contributed by atoms with Crippen molar-refractivity contribution in [3.05, 3.63) is 24.2 Å². The third-order valence-corrected chi connectivity index (χ3v) is 3.50. The summed E-state index contributed by atoms with van der Waals surface area (Å²) in [5, 5.41) is 2.88. The Morgan fingerprint density at radius 3 is 2.74 bits per heavy atom. The fraction of sp³-hybridized carbons (Fsp3) is 0.538. The van der Waals surface area contributed by atoms with E-state index < -0.39 is 5.91 Å². The standard InChI is InChI=1S/C13H19N3O3/c1-9-4-2-3-5-11(9)14-13(18)16-15-12(17)10-6-7-19-8-10/h6-9,11H,2-5H2,1H3,(H,15,17)(H2,14,16,18)/t9-,11+/m0/s1. The van der Waals surface area contributed by atoms with Crippen LogP contribution in [0.4, 0.5) is 4.79 Å². The second-order valence-corrected chi connectivity index (χ2v) is 4.93. The van der Waals surface area contributed by atoms with Crippen LogP contribution in [0.15, 0.2) is 23.0 Å². The van der Waals surface area contributed by atoms with Crippen LogP contribution < -0.4 is 16.2 Å². The second-order valence-electron chi connectivity index (χ2n) is 4.93. The fourth-order valence-electron chi connectivity index (χ4n) is 2.31. The van der Waals surface area contributed by atoms with Crippen LogP contribution in [0.5, 0.6) is 0 Å². The molecule has 1 aliphatic rings. The van der Waals surface area contributed by atoms with Crippen LogP contribution in [0.3, 0.4) is 0 Å². The van der Waals surface area contributed by atoms with E-state index in [1.807, 2.05) is 0 Å². The van der Waals surface area contributed by atoms with Crippen molar-refractivity contribution in [1.29, 1.82) is 0 Å². The zero-order valence-electron chi connectivity index (χ0n) is 10.9. The van der Waals surface area contributed by atoms with Crippen molar-refractivity contribution in [3.8, 4) is 0 Å². The van der Waals surface area contributed by atoms with E-state index in [0.717, 1.165) is 19.3 Å². The molecule has 0 aliphatic heterocycles. The number of carbonyl (C=O) groups excluding carboxylic acids is 2. The van der Waals surface area contributed by atoms with E-state index in [-0.39, 0.29) is 12.1 Å². The average Bonchev–Trinajstić information content (AvgIpc) is 2.93. The Hall–Kier alpha value is -1.98. The van der Waals surface area contributed by atoms with Gasteiger partial charge in [-0.15, -0.1) is 0 Å². The van der Waals surface area contributed by atoms with Gasteiger partial charge < -0.3 is 9.73 Å². The number of urea groups is 1. The maximum absolute atomic E-state index is 11.7. The number of amides is 3. The quantitative estimate of drug-likeness (QED) is 0.713. The number of furan rings is 1. The van der Waals surface area contributed by atoms with Gasteiger partial charge in [0.25, 0.3) is 5.91 Å². The number of hydrazine groups is 1. The minimum atomic E-state index is -0.402. The Labute approximate surface area is 111 Å². The van der Waals surface area contributed by atoms with Crippen LogP contribution in [0.25, 0.3) is 0 Å². The Balaban J connectivity index is 1.74. The summed E-state index contributed by atoms with van der Waals surface area (Å²) in [6.45, 7) is 2.13. The van der Waals surface area contributed by atoms with Gasteiger partial charge >= 0.3 is 6.03 Å². The van der Waals surface area contributed by atoms with Gasteiger partial charge in [-0.1, -0.05) is 19.8 Å². The molecule has 3 N–H and O–H groups in total. The summed E-state index contributed by atoms with van der Waals surface area (Å²) >= 11 is 0. The number of carbonyl (C=O) groups is 2. The molecular formula is C13H19N3O3. The Bertz CT molecular complexity index is 430. The van der Waals surface area contributed by atoms with Gasteiger partial charge in [-0.25, -0.2) is 10.2 Å². The largest absolute Gasteiger partial charge is 0.472 e. The summed E-state index contributed by atoms with van der Waals surface area (Å²) in [7, 11) is 0. The molecule has 1 aliphatic carbocycles. The van der Waals surface area contributed by atoms with Crippen LogP contribution in [0.1, 0.15) is 43.0 Å². The second kappa shape index (κ2) is 6.26. The van der Waals surface area contributed by atoms with Gasteiger partial charge in [0, 0.05) is 6.04 Å². The average molecular weight is 265 g/mol. The molecule has 0 saturated heterocycles. The summed E-state index contributed by atoms with van der Waals surface area (Å²) in [4.78, 5) is 23.2. The number of hydrogen-bond acceptors (Lipinski definition) is 3. The molecule has 6 nitrogen and oxygen atoms in total. The highest BCUT2D eigenvalue weighted by atomic mass is 16.3. The van der Waals surface area contributed by atoms with Crippen molar-refractivity contribution >= 4 is 11.9 Å². The van der Waals surface area contributed by atoms with Gasteiger partial charge in [0.2, 0.25) is 0 Å². The molecule has 1 heterocycles. The molecule has 0 bridgehead atoms. The van der Waals surface area contributed by atoms with E-state index in [1.165, 1.54) is 25.0 Å². The molecule has 6 heteroatoms. The SMILES string of the molecule is C[C@H]1CCCC[C@H]1NC(=O)NNC(=O)c1ccoc1. The highest BCUT2D eigenvalue weighted by Gasteiger charge is 2.22. The zero-order valence-corrected chi connectivity index (χ0v) is 10.9. The summed E-state index contributed by atoms with van der Waals surface area (Å²) in [5.41, 5.74) is 5.04. The highest BCUT2D eigenvalue weighted by Crippen LogP contribution is 2.23. The predicted octanol–water partition coefficient (Wildman–Crippen LogP) is 1.80. The first-order valence-electron chi connectivity index (χ1n) is 6.56. The van der Waals surface area contributed by atoms with E-state index in [9.17, 15) is 9.59 Å². The van der Waals surface area contributed by atoms with E-state index in [1.54, 1.807) is 0 Å². The molecule has 0 aromatic carbocycles. The molecule has 1 saturated carbocycles. The summed E-state index contributed by atoms with van der Waals surface area (Å²) in [6, 6.07) is 1.33. The first kappa shape index (κ1) is 13.5. The maximum Gasteiger partial charge on any atom is 0.333 e. The van der Waals surface area contributed by atoms with Gasteiger partial charge in [-0.3, -0.25) is 10.2 Å². The van der Waals surface area contributed by atoms with Crippen molar-refractivity contribution in [2.75, 3.05) is 0 Å². The molecule has 1 aromatic heterocycles. The minimum Gasteiger partial charge on any atom is -0.472 e. The van der Waals surface area contributed by atoms with Gasteiger partial charge in [0.1, 0.15) is 6.26 Å². The number of nitrogens with one attached hydrogen (secondary N) is 3. The van der Waals surface area contributed by atoms with Crippen molar-refractivity contribution in [3.63, 3.8) is 0 Å². The topological polar surface area (TPSA) is 83.4 Å². The van der Waals surface area contributed by atoms with Gasteiger partial charge in [-0.2, -0.15) is 0 Å². The predicted molar refractivity (Wildman–Crippen MR) is 69.3 cm³/mol. The Kier molecular flexibility index (Phi) is 4.43. The van der Waals surface area contributed by atoms with Crippen LogP contribution in [-0.4, -0.2) is 18.0 Å². The molecule has 0 unspecified atom stereocenters. The normalized spacial score (nSPS) is 22.6. The lowest BCUT2D eigenvalue weighted by Crippen LogP contribution is -2.51. The number of rotatable bonds is 2. The van der Waals surface area contributed by atoms with Crippen LogP contribution >= 0.6 is 0 Å². The van der Waals surface area contributed by atoms with Gasteiger partial charge in [-0.05, 0) is 24.8 Å². The lowest BCUT2D eigenvalue weighted by Gasteiger charge is -2.29. The fourth-order valence-corrected chi connectivity index (χ4v) is 2.31. The molecule has 0 radical (unpaired) electrons. The van der Waals surface area contributed by atoms with Crippen molar-refractivity contribution in [2.45, 2.75) is 38.6 Å². The van der Waals surface area contributed by atoms with E-state index in [2.05, 4.69) is 23.1 Å².